The minimum Gasteiger partial charge on any atom is -0.462 e. The van der Waals surface area contributed by atoms with E-state index in [-0.39, 0.29) is 25.7 Å². The highest BCUT2D eigenvalue weighted by Gasteiger charge is 2.30. The molecule has 0 spiro atoms. The van der Waals surface area contributed by atoms with E-state index in [9.17, 15) is 43.2 Å². The third-order valence-corrected chi connectivity index (χ3v) is 17.6. The number of carbonyl (C=O) groups excluding carboxylic acids is 4. The summed E-state index contributed by atoms with van der Waals surface area (Å²) in [6.07, 6.45) is 41.2. The summed E-state index contributed by atoms with van der Waals surface area (Å²) in [7, 11) is -9.87. The SMILES string of the molecule is CCCCCCCC(=O)OC[C@H](COP(=O)(O)OC[C@H](O)COP(=O)(O)OC[C@@H](COC(=O)CCCCCCCCCCC(C)CC)OC(=O)CCCCCCCCCCCCCCCCCCCCC(C)CC)OC(=O)CCCCCCC. The quantitative estimate of drug-likeness (QED) is 0.0222. The smallest absolute Gasteiger partial charge is 0.462 e. The predicted octanol–water partition coefficient (Wildman–Crippen LogP) is 18.0. The second-order valence-corrected chi connectivity index (χ2v) is 26.9. The van der Waals surface area contributed by atoms with Crippen molar-refractivity contribution in [1.29, 1.82) is 0 Å². The van der Waals surface area contributed by atoms with Crippen molar-refractivity contribution >= 4 is 39.5 Å². The summed E-state index contributed by atoms with van der Waals surface area (Å²) < 4.78 is 67.6. The zero-order valence-corrected chi connectivity index (χ0v) is 56.0. The number of phosphoric acid groups is 2. The van der Waals surface area contributed by atoms with Gasteiger partial charge in [0.2, 0.25) is 0 Å². The number of hydrogen-bond acceptors (Lipinski definition) is 15. The molecule has 0 aliphatic carbocycles. The van der Waals surface area contributed by atoms with Crippen molar-refractivity contribution in [2.45, 2.75) is 342 Å². The normalized spacial score (nSPS) is 14.9. The molecule has 4 unspecified atom stereocenters. The molecule has 0 aliphatic heterocycles. The van der Waals surface area contributed by atoms with Gasteiger partial charge in [-0.1, -0.05) is 273 Å². The Balaban J connectivity index is 5.03. The molecule has 19 heteroatoms. The van der Waals surface area contributed by atoms with E-state index in [2.05, 4.69) is 41.5 Å². The third-order valence-electron chi connectivity index (χ3n) is 15.7. The van der Waals surface area contributed by atoms with Crippen LogP contribution >= 0.6 is 15.6 Å². The van der Waals surface area contributed by atoms with Gasteiger partial charge in [-0.2, -0.15) is 0 Å². The lowest BCUT2D eigenvalue weighted by Gasteiger charge is -2.21. The molecule has 0 amide bonds. The van der Waals surface area contributed by atoms with Gasteiger partial charge in [-0.05, 0) is 37.5 Å². The molecule has 498 valence electrons. The standard InChI is InChI=1S/C65H126O17P2/c1-7-11-13-33-41-47-62(67)75-53-60(81-64(69)49-43-34-14-12-8-2)55-79-83(71,72)77-51-59(66)52-78-84(73,74)80-56-61(54-76-63(68)48-42-37-31-28-27-30-36-40-46-58(6)10-4)82-65(70)50-44-38-32-26-24-22-20-18-16-15-17-19-21-23-25-29-35-39-45-57(5)9-3/h57-61,66H,7-56H2,1-6H3,(H,71,72)(H,73,74)/t57?,58?,59-,60+,61+/m0/s1. The Hall–Kier alpha value is -1.94. The van der Waals surface area contributed by atoms with Gasteiger partial charge < -0.3 is 33.8 Å². The molecule has 0 bridgehead atoms. The summed E-state index contributed by atoms with van der Waals surface area (Å²) >= 11 is 0. The number of carbonyl (C=O) groups is 4. The molecule has 0 aromatic carbocycles. The predicted molar refractivity (Wildman–Crippen MR) is 335 cm³/mol. The Morgan fingerprint density at radius 3 is 0.845 bits per heavy atom. The van der Waals surface area contributed by atoms with Crippen molar-refractivity contribution < 1.29 is 80.2 Å². The van der Waals surface area contributed by atoms with E-state index in [0.717, 1.165) is 108 Å². The lowest BCUT2D eigenvalue weighted by molar-refractivity contribution is -0.161. The largest absolute Gasteiger partial charge is 0.472 e. The maximum absolute atomic E-state index is 13.0. The number of unbranched alkanes of at least 4 members (excludes halogenated alkanes) is 32. The van der Waals surface area contributed by atoms with Crippen LogP contribution < -0.4 is 0 Å². The minimum absolute atomic E-state index is 0.0986. The Labute approximate surface area is 511 Å². The van der Waals surface area contributed by atoms with Crippen LogP contribution in [0.5, 0.6) is 0 Å². The molecule has 0 radical (unpaired) electrons. The highest BCUT2D eigenvalue weighted by atomic mass is 31.2. The van der Waals surface area contributed by atoms with E-state index in [1.54, 1.807) is 0 Å². The van der Waals surface area contributed by atoms with Crippen molar-refractivity contribution in [3.63, 3.8) is 0 Å². The molecule has 0 heterocycles. The van der Waals surface area contributed by atoms with Gasteiger partial charge in [-0.25, -0.2) is 9.13 Å². The van der Waals surface area contributed by atoms with Gasteiger partial charge in [-0.15, -0.1) is 0 Å². The molecular formula is C65H126O17P2. The maximum atomic E-state index is 13.0. The molecule has 0 saturated heterocycles. The minimum atomic E-state index is -4.94. The van der Waals surface area contributed by atoms with E-state index in [1.807, 2.05) is 0 Å². The van der Waals surface area contributed by atoms with Crippen molar-refractivity contribution in [3.05, 3.63) is 0 Å². The Kier molecular flexibility index (Phi) is 56.2. The number of hydrogen-bond donors (Lipinski definition) is 3. The highest BCUT2D eigenvalue weighted by Crippen LogP contribution is 2.45. The molecule has 0 rings (SSSR count). The first-order valence-electron chi connectivity index (χ1n) is 34.1. The fraction of sp³-hybridized carbons (Fsp3) is 0.938. The van der Waals surface area contributed by atoms with Gasteiger partial charge in [0.05, 0.1) is 26.4 Å². The van der Waals surface area contributed by atoms with Gasteiger partial charge in [-0.3, -0.25) is 37.3 Å². The summed E-state index contributed by atoms with van der Waals surface area (Å²) in [6.45, 7) is 9.38. The van der Waals surface area contributed by atoms with Crippen LogP contribution in [0, 0.1) is 11.8 Å². The van der Waals surface area contributed by atoms with Crippen LogP contribution in [0.25, 0.3) is 0 Å². The molecule has 3 N–H and O–H groups in total. The zero-order valence-electron chi connectivity index (χ0n) is 54.2. The first-order valence-corrected chi connectivity index (χ1v) is 37.1. The van der Waals surface area contributed by atoms with E-state index < -0.39 is 97.5 Å². The lowest BCUT2D eigenvalue weighted by Crippen LogP contribution is -2.30. The Morgan fingerprint density at radius 2 is 0.571 bits per heavy atom. The molecule has 0 fully saturated rings. The van der Waals surface area contributed by atoms with Crippen molar-refractivity contribution in [2.24, 2.45) is 11.8 Å². The molecule has 0 aromatic heterocycles. The van der Waals surface area contributed by atoms with Crippen LogP contribution in [-0.4, -0.2) is 96.7 Å². The monoisotopic (exact) mass is 1240 g/mol. The van der Waals surface area contributed by atoms with Crippen molar-refractivity contribution in [3.8, 4) is 0 Å². The van der Waals surface area contributed by atoms with Crippen molar-refractivity contribution in [1.82, 2.24) is 0 Å². The number of aliphatic hydroxyl groups excluding tert-OH is 1. The number of phosphoric ester groups is 2. The van der Waals surface area contributed by atoms with Gasteiger partial charge in [0, 0.05) is 25.7 Å². The summed E-state index contributed by atoms with van der Waals surface area (Å²) in [4.78, 5) is 71.7. The summed E-state index contributed by atoms with van der Waals surface area (Å²) in [5, 5.41) is 10.5. The first kappa shape index (κ1) is 82.1. The Bertz CT molecular complexity index is 1650. The third kappa shape index (κ3) is 56.6. The van der Waals surface area contributed by atoms with Crippen LogP contribution in [0.15, 0.2) is 0 Å². The zero-order chi connectivity index (χ0) is 62.2. The highest BCUT2D eigenvalue weighted by molar-refractivity contribution is 7.47. The van der Waals surface area contributed by atoms with Crippen LogP contribution in [0.4, 0.5) is 0 Å². The number of esters is 4. The van der Waals surface area contributed by atoms with Gasteiger partial charge in [0.1, 0.15) is 19.3 Å². The molecule has 0 aliphatic rings. The molecular weight excluding hydrogens is 1110 g/mol. The summed E-state index contributed by atoms with van der Waals surface area (Å²) in [5.41, 5.74) is 0. The van der Waals surface area contributed by atoms with Crippen LogP contribution in [0.3, 0.4) is 0 Å². The average molecular weight is 1240 g/mol. The summed E-state index contributed by atoms with van der Waals surface area (Å²) in [6, 6.07) is 0. The lowest BCUT2D eigenvalue weighted by atomic mass is 9.99. The second-order valence-electron chi connectivity index (χ2n) is 24.0. The molecule has 84 heavy (non-hydrogen) atoms. The first-order chi connectivity index (χ1) is 40.4. The topological polar surface area (TPSA) is 237 Å². The van der Waals surface area contributed by atoms with E-state index >= 15 is 0 Å². The molecule has 7 atom stereocenters. The van der Waals surface area contributed by atoms with E-state index in [1.165, 1.54) is 135 Å². The average Bonchev–Trinajstić information content (AvgIpc) is 3.66. The van der Waals surface area contributed by atoms with E-state index in [4.69, 9.17) is 37.0 Å². The maximum Gasteiger partial charge on any atom is 0.472 e. The molecule has 0 saturated carbocycles. The fourth-order valence-corrected chi connectivity index (χ4v) is 11.2. The van der Waals surface area contributed by atoms with Crippen LogP contribution in [0.2, 0.25) is 0 Å². The van der Waals surface area contributed by atoms with Crippen LogP contribution in [-0.2, 0) is 65.4 Å². The van der Waals surface area contributed by atoms with Gasteiger partial charge >= 0.3 is 39.5 Å². The molecule has 17 nitrogen and oxygen atoms in total. The molecule has 0 aromatic rings. The van der Waals surface area contributed by atoms with Gasteiger partial charge in [0.15, 0.2) is 12.2 Å². The summed E-state index contributed by atoms with van der Waals surface area (Å²) in [5.74, 6) is -0.508. The fourth-order valence-electron chi connectivity index (χ4n) is 9.64. The van der Waals surface area contributed by atoms with E-state index in [0.29, 0.717) is 25.7 Å². The Morgan fingerprint density at radius 1 is 0.333 bits per heavy atom. The van der Waals surface area contributed by atoms with Gasteiger partial charge in [0.25, 0.3) is 0 Å². The number of ether oxygens (including phenoxy) is 4. The second kappa shape index (κ2) is 57.5. The number of aliphatic hydroxyl groups is 1. The number of rotatable bonds is 64. The van der Waals surface area contributed by atoms with Crippen LogP contribution in [0.1, 0.15) is 324 Å². The van der Waals surface area contributed by atoms with Crippen molar-refractivity contribution in [2.75, 3.05) is 39.6 Å².